The molecule has 0 radical (unpaired) electrons. The maximum Gasteiger partial charge on any atom is 0.258 e. The van der Waals surface area contributed by atoms with Gasteiger partial charge in [-0.3, -0.25) is 0 Å². The van der Waals surface area contributed by atoms with Crippen LogP contribution in [-0.4, -0.2) is 4.98 Å². The van der Waals surface area contributed by atoms with Gasteiger partial charge in [0.15, 0.2) is 17.5 Å². The van der Waals surface area contributed by atoms with E-state index in [1.54, 1.807) is 12.1 Å². The molecule has 0 aliphatic rings. The van der Waals surface area contributed by atoms with E-state index in [9.17, 15) is 8.78 Å². The Hall–Kier alpha value is -1.40. The van der Waals surface area contributed by atoms with Crippen LogP contribution in [0.15, 0.2) is 28.7 Å². The summed E-state index contributed by atoms with van der Waals surface area (Å²) >= 11 is 8.95. The standard InChI is InChI=1S/C11H6BrClF2N2O/c12-6-3-5(13)1-2-9(6)18-11-8(15)4-7(14)10(16)17-11/h1-4H,(H2,16,17). The van der Waals surface area contributed by atoms with Crippen molar-refractivity contribution < 1.29 is 13.5 Å². The van der Waals surface area contributed by atoms with E-state index < -0.39 is 23.3 Å². The van der Waals surface area contributed by atoms with Gasteiger partial charge in [0.2, 0.25) is 0 Å². The first-order valence-electron chi connectivity index (χ1n) is 4.72. The number of nitrogen functional groups attached to an aromatic ring is 1. The second kappa shape index (κ2) is 5.07. The number of nitrogens with zero attached hydrogens (tertiary/aromatic N) is 1. The highest BCUT2D eigenvalue weighted by molar-refractivity contribution is 9.10. The second-order valence-corrected chi connectivity index (χ2v) is 4.61. The third kappa shape index (κ3) is 2.70. The van der Waals surface area contributed by atoms with Gasteiger partial charge in [0.05, 0.1) is 4.47 Å². The summed E-state index contributed by atoms with van der Waals surface area (Å²) in [5.74, 6) is -2.43. The second-order valence-electron chi connectivity index (χ2n) is 3.32. The zero-order valence-corrected chi connectivity index (χ0v) is 11.1. The lowest BCUT2D eigenvalue weighted by molar-refractivity contribution is 0.416. The van der Waals surface area contributed by atoms with Gasteiger partial charge in [0, 0.05) is 11.1 Å². The number of pyridine rings is 1. The normalized spacial score (nSPS) is 10.4. The first-order valence-corrected chi connectivity index (χ1v) is 5.89. The smallest absolute Gasteiger partial charge is 0.258 e. The van der Waals surface area contributed by atoms with Gasteiger partial charge in [-0.05, 0) is 34.1 Å². The maximum absolute atomic E-state index is 13.4. The van der Waals surface area contributed by atoms with Crippen LogP contribution in [0.4, 0.5) is 14.6 Å². The van der Waals surface area contributed by atoms with Crippen molar-refractivity contribution in [1.29, 1.82) is 0 Å². The van der Waals surface area contributed by atoms with Gasteiger partial charge >= 0.3 is 0 Å². The van der Waals surface area contributed by atoms with Gasteiger partial charge in [-0.2, -0.15) is 4.98 Å². The van der Waals surface area contributed by atoms with Gasteiger partial charge in [-0.15, -0.1) is 0 Å². The van der Waals surface area contributed by atoms with Crippen molar-refractivity contribution in [3.8, 4) is 11.6 Å². The third-order valence-corrected chi connectivity index (χ3v) is 2.88. The number of nitrogens with two attached hydrogens (primary N) is 1. The molecule has 0 aliphatic carbocycles. The quantitative estimate of drug-likeness (QED) is 0.897. The topological polar surface area (TPSA) is 48.1 Å². The highest BCUT2D eigenvalue weighted by atomic mass is 79.9. The fourth-order valence-corrected chi connectivity index (χ4v) is 1.96. The average Bonchev–Trinajstić information content (AvgIpc) is 2.29. The Morgan fingerprint density at radius 3 is 2.61 bits per heavy atom. The van der Waals surface area contributed by atoms with Crippen LogP contribution < -0.4 is 10.5 Å². The van der Waals surface area contributed by atoms with E-state index in [2.05, 4.69) is 20.9 Å². The lowest BCUT2D eigenvalue weighted by Gasteiger charge is -2.08. The summed E-state index contributed by atoms with van der Waals surface area (Å²) in [4.78, 5) is 3.48. The molecule has 1 aromatic carbocycles. The number of benzene rings is 1. The minimum absolute atomic E-state index is 0.289. The highest BCUT2D eigenvalue weighted by Crippen LogP contribution is 2.32. The molecule has 0 amide bonds. The van der Waals surface area contributed by atoms with Crippen molar-refractivity contribution in [3.05, 3.63) is 45.4 Å². The zero-order valence-electron chi connectivity index (χ0n) is 8.75. The van der Waals surface area contributed by atoms with Crippen LogP contribution >= 0.6 is 27.5 Å². The fourth-order valence-electron chi connectivity index (χ4n) is 1.20. The average molecular weight is 336 g/mol. The molecule has 0 aliphatic heterocycles. The molecule has 18 heavy (non-hydrogen) atoms. The van der Waals surface area contributed by atoms with Gasteiger partial charge in [0.1, 0.15) is 5.75 Å². The van der Waals surface area contributed by atoms with E-state index in [0.717, 1.165) is 0 Å². The van der Waals surface area contributed by atoms with Crippen LogP contribution in [0, 0.1) is 11.6 Å². The SMILES string of the molecule is Nc1nc(Oc2ccc(Cl)cc2Br)c(F)cc1F. The predicted octanol–water partition coefficient (Wildman–Crippen LogP) is 4.15. The van der Waals surface area contributed by atoms with E-state index in [1.807, 2.05) is 0 Å². The lowest BCUT2D eigenvalue weighted by Crippen LogP contribution is -2.00. The van der Waals surface area contributed by atoms with Crippen LogP contribution in [-0.2, 0) is 0 Å². The van der Waals surface area contributed by atoms with Crippen LogP contribution in [0.5, 0.6) is 11.6 Å². The first-order chi connectivity index (χ1) is 8.47. The molecule has 0 saturated carbocycles. The lowest BCUT2D eigenvalue weighted by atomic mass is 10.3. The monoisotopic (exact) mass is 334 g/mol. The predicted molar refractivity (Wildman–Crippen MR) is 67.8 cm³/mol. The van der Waals surface area contributed by atoms with Gasteiger partial charge in [-0.25, -0.2) is 8.78 Å². The summed E-state index contributed by atoms with van der Waals surface area (Å²) < 4.78 is 32.0. The number of ether oxygens (including phenoxy) is 1. The number of rotatable bonds is 2. The van der Waals surface area contributed by atoms with Crippen LogP contribution in [0.3, 0.4) is 0 Å². The van der Waals surface area contributed by atoms with E-state index in [4.69, 9.17) is 22.1 Å². The van der Waals surface area contributed by atoms with Crippen LogP contribution in [0.25, 0.3) is 0 Å². The number of hydrogen-bond acceptors (Lipinski definition) is 3. The Labute approximate surface area is 115 Å². The fraction of sp³-hybridized carbons (Fsp3) is 0. The molecule has 1 heterocycles. The largest absolute Gasteiger partial charge is 0.435 e. The molecule has 0 spiro atoms. The Kier molecular flexibility index (Phi) is 3.68. The van der Waals surface area contributed by atoms with Crippen molar-refractivity contribution in [2.75, 3.05) is 5.73 Å². The summed E-state index contributed by atoms with van der Waals surface area (Å²) in [5.41, 5.74) is 5.24. The molecule has 0 fully saturated rings. The molecule has 0 atom stereocenters. The molecule has 94 valence electrons. The van der Waals surface area contributed by atoms with Crippen molar-refractivity contribution >= 4 is 33.3 Å². The molecule has 2 rings (SSSR count). The van der Waals surface area contributed by atoms with Gasteiger partial charge in [-0.1, -0.05) is 11.6 Å². The van der Waals surface area contributed by atoms with Crippen molar-refractivity contribution in [3.63, 3.8) is 0 Å². The summed E-state index contributed by atoms with van der Waals surface area (Å²) in [6, 6.07) is 5.27. The Bertz CT molecular complexity index is 610. The minimum atomic E-state index is -0.941. The summed E-state index contributed by atoms with van der Waals surface area (Å²) in [6.45, 7) is 0. The summed E-state index contributed by atoms with van der Waals surface area (Å²) in [6.07, 6.45) is 0. The van der Waals surface area contributed by atoms with E-state index >= 15 is 0 Å². The molecule has 3 nitrogen and oxygen atoms in total. The third-order valence-electron chi connectivity index (χ3n) is 2.03. The number of aromatic nitrogens is 1. The highest BCUT2D eigenvalue weighted by Gasteiger charge is 2.13. The van der Waals surface area contributed by atoms with E-state index in [0.29, 0.717) is 15.6 Å². The molecule has 0 unspecified atom stereocenters. The van der Waals surface area contributed by atoms with Gasteiger partial charge in [0.25, 0.3) is 5.88 Å². The summed E-state index contributed by atoms with van der Waals surface area (Å²) in [7, 11) is 0. The maximum atomic E-state index is 13.4. The Morgan fingerprint density at radius 2 is 1.94 bits per heavy atom. The van der Waals surface area contributed by atoms with Crippen molar-refractivity contribution in [2.24, 2.45) is 0 Å². The Balaban J connectivity index is 2.37. The van der Waals surface area contributed by atoms with Gasteiger partial charge < -0.3 is 10.5 Å². The molecule has 0 saturated heterocycles. The molecule has 1 aromatic heterocycles. The molecule has 7 heteroatoms. The first kappa shape index (κ1) is 13.0. The summed E-state index contributed by atoms with van der Waals surface area (Å²) in [5, 5.41) is 0.487. The number of hydrogen-bond donors (Lipinski definition) is 1. The van der Waals surface area contributed by atoms with Crippen LogP contribution in [0.1, 0.15) is 0 Å². The van der Waals surface area contributed by atoms with Crippen LogP contribution in [0.2, 0.25) is 5.02 Å². The number of anilines is 1. The molecule has 2 aromatic rings. The zero-order chi connectivity index (χ0) is 13.3. The van der Waals surface area contributed by atoms with Crippen molar-refractivity contribution in [1.82, 2.24) is 4.98 Å². The minimum Gasteiger partial charge on any atom is -0.435 e. The molecule has 2 N–H and O–H groups in total. The van der Waals surface area contributed by atoms with E-state index in [-0.39, 0.29) is 5.75 Å². The van der Waals surface area contributed by atoms with E-state index in [1.165, 1.54) is 6.07 Å². The molecule has 0 bridgehead atoms. The Morgan fingerprint density at radius 1 is 1.22 bits per heavy atom. The molecular weight excluding hydrogens is 329 g/mol. The van der Waals surface area contributed by atoms with Crippen molar-refractivity contribution in [2.45, 2.75) is 0 Å². The molecular formula is C11H6BrClF2N2O. The number of halogens is 4.